The molecule has 0 spiro atoms. The zero-order chi connectivity index (χ0) is 9.26. The summed E-state index contributed by atoms with van der Waals surface area (Å²) in [6.45, 7) is 3.21. The molecule has 1 aliphatic heterocycles. The lowest BCUT2D eigenvalue weighted by Gasteiger charge is -2.13. The summed E-state index contributed by atoms with van der Waals surface area (Å²) in [5.74, 6) is 0.610. The van der Waals surface area contributed by atoms with Gasteiger partial charge in [0.1, 0.15) is 5.82 Å². The molecule has 70 valence electrons. The molecule has 3 N–H and O–H groups in total. The van der Waals surface area contributed by atoms with Crippen LogP contribution in [0.1, 0.15) is 30.0 Å². The number of hydrogen-bond acceptors (Lipinski definition) is 3. The number of nitrogen functional groups attached to an aromatic ring is 1. The van der Waals surface area contributed by atoms with Crippen LogP contribution in [0.2, 0.25) is 0 Å². The highest BCUT2D eigenvalue weighted by atomic mass is 14.9. The monoisotopic (exact) mass is 177 g/mol. The molecule has 0 aliphatic carbocycles. The van der Waals surface area contributed by atoms with Crippen LogP contribution >= 0.6 is 0 Å². The van der Waals surface area contributed by atoms with Gasteiger partial charge in [0.2, 0.25) is 0 Å². The van der Waals surface area contributed by atoms with E-state index >= 15 is 0 Å². The average molecular weight is 177 g/mol. The number of aryl methyl sites for hydroxylation is 1. The molecule has 0 unspecified atom stereocenters. The number of nitrogens with two attached hydrogens (primary N) is 1. The Hall–Kier alpha value is -1.09. The quantitative estimate of drug-likeness (QED) is 0.681. The lowest BCUT2D eigenvalue weighted by Crippen LogP contribution is -2.14. The van der Waals surface area contributed by atoms with Gasteiger partial charge in [0, 0.05) is 12.2 Å². The Kier molecular flexibility index (Phi) is 2.19. The van der Waals surface area contributed by atoms with Crippen LogP contribution in [-0.4, -0.2) is 11.5 Å². The van der Waals surface area contributed by atoms with E-state index in [9.17, 15) is 0 Å². The normalized spacial score (nSPS) is 22.1. The lowest BCUT2D eigenvalue weighted by atomic mass is 10.0. The molecule has 1 aromatic heterocycles. The lowest BCUT2D eigenvalue weighted by molar-refractivity contribution is 0.641. The smallest absolute Gasteiger partial charge is 0.123 e. The van der Waals surface area contributed by atoms with Crippen molar-refractivity contribution in [2.24, 2.45) is 0 Å². The van der Waals surface area contributed by atoms with Gasteiger partial charge >= 0.3 is 0 Å². The van der Waals surface area contributed by atoms with Crippen LogP contribution in [0, 0.1) is 6.92 Å². The summed E-state index contributed by atoms with van der Waals surface area (Å²) in [6.07, 6.45) is 4.37. The van der Waals surface area contributed by atoms with Crippen molar-refractivity contribution >= 4 is 5.82 Å². The summed E-state index contributed by atoms with van der Waals surface area (Å²) in [6, 6.07) is 2.43. The molecule has 0 bridgehead atoms. The molecule has 13 heavy (non-hydrogen) atoms. The van der Waals surface area contributed by atoms with E-state index < -0.39 is 0 Å². The summed E-state index contributed by atoms with van der Waals surface area (Å²) in [7, 11) is 0. The molecule has 1 fully saturated rings. The molecule has 2 rings (SSSR count). The van der Waals surface area contributed by atoms with Crippen molar-refractivity contribution in [3.63, 3.8) is 0 Å². The third-order valence-corrected chi connectivity index (χ3v) is 2.61. The van der Waals surface area contributed by atoms with Gasteiger partial charge in [-0.2, -0.15) is 0 Å². The molecular formula is C10H15N3. The molecule has 0 aromatic carbocycles. The fourth-order valence-electron chi connectivity index (χ4n) is 1.90. The average Bonchev–Trinajstić information content (AvgIpc) is 2.56. The fourth-order valence-corrected chi connectivity index (χ4v) is 1.90. The topological polar surface area (TPSA) is 50.9 Å². The number of rotatable bonds is 1. The Labute approximate surface area is 78.4 Å². The maximum absolute atomic E-state index is 5.59. The van der Waals surface area contributed by atoms with Crippen LogP contribution in [-0.2, 0) is 0 Å². The first-order valence-corrected chi connectivity index (χ1v) is 4.73. The molecule has 1 aliphatic rings. The van der Waals surface area contributed by atoms with Crippen molar-refractivity contribution in [2.75, 3.05) is 12.3 Å². The number of nitrogens with zero attached hydrogens (tertiary/aromatic N) is 1. The Morgan fingerprint density at radius 1 is 1.62 bits per heavy atom. The maximum Gasteiger partial charge on any atom is 0.123 e. The third-order valence-electron chi connectivity index (χ3n) is 2.61. The highest BCUT2D eigenvalue weighted by molar-refractivity contribution is 5.37. The van der Waals surface area contributed by atoms with Gasteiger partial charge in [0.05, 0.1) is 0 Å². The highest BCUT2D eigenvalue weighted by Crippen LogP contribution is 2.25. The van der Waals surface area contributed by atoms with Gasteiger partial charge in [-0.15, -0.1) is 0 Å². The van der Waals surface area contributed by atoms with Crippen molar-refractivity contribution in [3.05, 3.63) is 23.4 Å². The summed E-state index contributed by atoms with van der Waals surface area (Å²) >= 11 is 0. The molecule has 1 atom stereocenters. The number of aromatic nitrogens is 1. The Bertz CT molecular complexity index is 303. The molecule has 3 nitrogen and oxygen atoms in total. The molecule has 0 saturated carbocycles. The standard InChI is InChI=1S/C10H15N3/c1-7-5-10(11)13-6-8(7)9-3-2-4-12-9/h5-6,9,12H,2-4H2,1H3,(H2,11,13)/t9-/m0/s1. The first-order chi connectivity index (χ1) is 6.27. The van der Waals surface area contributed by atoms with Gasteiger partial charge in [0.15, 0.2) is 0 Å². The van der Waals surface area contributed by atoms with Crippen LogP contribution < -0.4 is 11.1 Å². The van der Waals surface area contributed by atoms with E-state index in [-0.39, 0.29) is 0 Å². The second-order valence-electron chi connectivity index (χ2n) is 3.61. The van der Waals surface area contributed by atoms with E-state index in [1.165, 1.54) is 24.0 Å². The van der Waals surface area contributed by atoms with E-state index in [1.54, 1.807) is 0 Å². The maximum atomic E-state index is 5.59. The summed E-state index contributed by atoms with van der Waals surface area (Å²) in [5, 5.41) is 3.45. The van der Waals surface area contributed by atoms with Crippen LogP contribution in [0.3, 0.4) is 0 Å². The largest absolute Gasteiger partial charge is 0.384 e. The van der Waals surface area contributed by atoms with Gasteiger partial charge in [-0.1, -0.05) is 0 Å². The van der Waals surface area contributed by atoms with E-state index in [4.69, 9.17) is 5.73 Å². The van der Waals surface area contributed by atoms with Gasteiger partial charge < -0.3 is 11.1 Å². The van der Waals surface area contributed by atoms with Crippen LogP contribution in [0.4, 0.5) is 5.82 Å². The second-order valence-corrected chi connectivity index (χ2v) is 3.61. The Morgan fingerprint density at radius 2 is 2.46 bits per heavy atom. The number of hydrogen-bond donors (Lipinski definition) is 2. The summed E-state index contributed by atoms with van der Waals surface area (Å²) in [4.78, 5) is 4.12. The third kappa shape index (κ3) is 1.65. The van der Waals surface area contributed by atoms with E-state index in [0.29, 0.717) is 11.9 Å². The van der Waals surface area contributed by atoms with Gasteiger partial charge in [0.25, 0.3) is 0 Å². The van der Waals surface area contributed by atoms with Gasteiger partial charge in [-0.3, -0.25) is 0 Å². The minimum absolute atomic E-state index is 0.494. The number of nitrogens with one attached hydrogen (secondary N) is 1. The van der Waals surface area contributed by atoms with Crippen LogP contribution in [0.5, 0.6) is 0 Å². The minimum atomic E-state index is 0.494. The minimum Gasteiger partial charge on any atom is -0.384 e. The fraction of sp³-hybridized carbons (Fsp3) is 0.500. The second kappa shape index (κ2) is 3.34. The van der Waals surface area contributed by atoms with Crippen molar-refractivity contribution in [3.8, 4) is 0 Å². The summed E-state index contributed by atoms with van der Waals surface area (Å²) < 4.78 is 0. The van der Waals surface area contributed by atoms with Crippen molar-refractivity contribution in [1.29, 1.82) is 0 Å². The first-order valence-electron chi connectivity index (χ1n) is 4.73. The predicted molar refractivity (Wildman–Crippen MR) is 53.4 cm³/mol. The highest BCUT2D eigenvalue weighted by Gasteiger charge is 2.17. The first kappa shape index (κ1) is 8.51. The zero-order valence-corrected chi connectivity index (χ0v) is 7.88. The molecule has 1 saturated heterocycles. The van der Waals surface area contributed by atoms with Crippen molar-refractivity contribution in [2.45, 2.75) is 25.8 Å². The predicted octanol–water partition coefficient (Wildman–Crippen LogP) is 1.40. The molecule has 0 amide bonds. The molecule has 1 aromatic rings. The molecule has 0 radical (unpaired) electrons. The van der Waals surface area contributed by atoms with Crippen LogP contribution in [0.15, 0.2) is 12.3 Å². The van der Waals surface area contributed by atoms with Crippen LogP contribution in [0.25, 0.3) is 0 Å². The van der Waals surface area contributed by atoms with Gasteiger partial charge in [-0.25, -0.2) is 4.98 Å². The SMILES string of the molecule is Cc1cc(N)ncc1[C@@H]1CCCN1. The van der Waals surface area contributed by atoms with E-state index in [2.05, 4.69) is 17.2 Å². The Morgan fingerprint density at radius 3 is 3.08 bits per heavy atom. The number of anilines is 1. The zero-order valence-electron chi connectivity index (χ0n) is 7.88. The van der Waals surface area contributed by atoms with E-state index in [0.717, 1.165) is 6.54 Å². The van der Waals surface area contributed by atoms with Gasteiger partial charge in [-0.05, 0) is 43.5 Å². The van der Waals surface area contributed by atoms with Crippen molar-refractivity contribution in [1.82, 2.24) is 10.3 Å². The molecular weight excluding hydrogens is 162 g/mol. The Balaban J connectivity index is 2.29. The molecule has 3 heteroatoms. The summed E-state index contributed by atoms with van der Waals surface area (Å²) in [5.41, 5.74) is 8.14. The number of pyridine rings is 1. The molecule has 2 heterocycles. The van der Waals surface area contributed by atoms with E-state index in [1.807, 2.05) is 12.3 Å². The van der Waals surface area contributed by atoms with Crippen molar-refractivity contribution < 1.29 is 0 Å².